The second kappa shape index (κ2) is 6.72. The van der Waals surface area contributed by atoms with Gasteiger partial charge < -0.3 is 15.0 Å². The minimum atomic E-state index is -0.961. The Bertz CT molecular complexity index is 867. The van der Waals surface area contributed by atoms with Crippen LogP contribution in [0.1, 0.15) is 50.5 Å². The van der Waals surface area contributed by atoms with Crippen molar-refractivity contribution in [3.63, 3.8) is 0 Å². The van der Waals surface area contributed by atoms with Gasteiger partial charge in [-0.3, -0.25) is 9.59 Å². The molecule has 0 saturated heterocycles. The number of rotatable bonds is 3. The standard InChI is InChI=1S/C22H26N2O3/c1-21(2,3)23-19(25)16-11-12-18-17(13-16)24(20(26)22(4,5)27-18)14-15-9-7-6-8-10-15/h6-13H,14H2,1-5H3,(H,23,25). The topological polar surface area (TPSA) is 58.6 Å². The van der Waals surface area contributed by atoms with Crippen molar-refractivity contribution in [2.45, 2.75) is 52.3 Å². The lowest BCUT2D eigenvalue weighted by Crippen LogP contribution is -2.52. The Balaban J connectivity index is 2.00. The number of benzene rings is 2. The van der Waals surface area contributed by atoms with Gasteiger partial charge in [0.05, 0.1) is 12.2 Å². The molecular weight excluding hydrogens is 340 g/mol. The summed E-state index contributed by atoms with van der Waals surface area (Å²) >= 11 is 0. The van der Waals surface area contributed by atoms with Crippen molar-refractivity contribution in [3.05, 3.63) is 59.7 Å². The van der Waals surface area contributed by atoms with Gasteiger partial charge in [0.1, 0.15) is 5.75 Å². The van der Waals surface area contributed by atoms with Crippen molar-refractivity contribution in [1.82, 2.24) is 5.32 Å². The molecule has 3 rings (SSSR count). The van der Waals surface area contributed by atoms with Crippen LogP contribution in [0.2, 0.25) is 0 Å². The number of carbonyl (C=O) groups is 2. The number of fused-ring (bicyclic) bond motifs is 1. The largest absolute Gasteiger partial charge is 0.476 e. The number of nitrogens with one attached hydrogen (secondary N) is 1. The van der Waals surface area contributed by atoms with Gasteiger partial charge in [0.25, 0.3) is 11.8 Å². The van der Waals surface area contributed by atoms with Crippen molar-refractivity contribution in [1.29, 1.82) is 0 Å². The molecule has 1 aliphatic rings. The normalized spacial score (nSPS) is 15.7. The zero-order valence-corrected chi connectivity index (χ0v) is 16.5. The highest BCUT2D eigenvalue weighted by Gasteiger charge is 2.41. The molecule has 0 aromatic heterocycles. The third kappa shape index (κ3) is 4.13. The third-order valence-corrected chi connectivity index (χ3v) is 4.31. The molecule has 0 fully saturated rings. The lowest BCUT2D eigenvalue weighted by atomic mass is 10.0. The van der Waals surface area contributed by atoms with Crippen LogP contribution in [0.5, 0.6) is 5.75 Å². The highest BCUT2D eigenvalue weighted by atomic mass is 16.5. The van der Waals surface area contributed by atoms with Gasteiger partial charge >= 0.3 is 0 Å². The molecule has 0 atom stereocenters. The quantitative estimate of drug-likeness (QED) is 0.896. The molecule has 0 saturated carbocycles. The summed E-state index contributed by atoms with van der Waals surface area (Å²) in [7, 11) is 0. The van der Waals surface area contributed by atoms with Crippen LogP contribution in [-0.2, 0) is 11.3 Å². The number of nitrogens with zero attached hydrogens (tertiary/aromatic N) is 1. The van der Waals surface area contributed by atoms with E-state index in [1.807, 2.05) is 51.1 Å². The SMILES string of the molecule is CC(C)(C)NC(=O)c1ccc2c(c1)N(Cc1ccccc1)C(=O)C(C)(C)O2. The summed E-state index contributed by atoms with van der Waals surface area (Å²) in [5.41, 5.74) is 0.823. The van der Waals surface area contributed by atoms with Gasteiger partial charge in [-0.15, -0.1) is 0 Å². The molecule has 0 aliphatic carbocycles. The lowest BCUT2D eigenvalue weighted by Gasteiger charge is -2.39. The Morgan fingerprint density at radius 3 is 2.41 bits per heavy atom. The Morgan fingerprint density at radius 1 is 1.11 bits per heavy atom. The summed E-state index contributed by atoms with van der Waals surface area (Å²) in [6.07, 6.45) is 0. The van der Waals surface area contributed by atoms with E-state index < -0.39 is 5.60 Å². The highest BCUT2D eigenvalue weighted by molar-refractivity contribution is 6.04. The van der Waals surface area contributed by atoms with Gasteiger partial charge in [0.15, 0.2) is 5.60 Å². The number of amides is 2. The molecule has 0 spiro atoms. The van der Waals surface area contributed by atoms with Crippen LogP contribution in [0, 0.1) is 0 Å². The molecule has 0 bridgehead atoms. The summed E-state index contributed by atoms with van der Waals surface area (Å²) in [6, 6.07) is 15.0. The summed E-state index contributed by atoms with van der Waals surface area (Å²) in [4.78, 5) is 27.3. The lowest BCUT2D eigenvalue weighted by molar-refractivity contribution is -0.132. The Labute approximate surface area is 160 Å². The van der Waals surface area contributed by atoms with Crippen LogP contribution in [0.3, 0.4) is 0 Å². The second-order valence-electron chi connectivity index (χ2n) is 8.38. The first-order valence-corrected chi connectivity index (χ1v) is 9.08. The van der Waals surface area contributed by atoms with Gasteiger partial charge in [0, 0.05) is 11.1 Å². The summed E-state index contributed by atoms with van der Waals surface area (Å²) in [5.74, 6) is 0.289. The van der Waals surface area contributed by atoms with Gasteiger partial charge in [-0.25, -0.2) is 0 Å². The van der Waals surface area contributed by atoms with E-state index in [1.54, 1.807) is 36.9 Å². The molecule has 2 aromatic rings. The molecular formula is C22H26N2O3. The van der Waals surface area contributed by atoms with E-state index in [4.69, 9.17) is 4.74 Å². The molecule has 0 unspecified atom stereocenters. The summed E-state index contributed by atoms with van der Waals surface area (Å²) in [5, 5.41) is 2.95. The fraction of sp³-hybridized carbons (Fsp3) is 0.364. The Kier molecular flexibility index (Phi) is 4.72. The number of carbonyl (C=O) groups excluding carboxylic acids is 2. The van der Waals surface area contributed by atoms with E-state index in [2.05, 4.69) is 5.32 Å². The maximum absolute atomic E-state index is 13.0. The van der Waals surface area contributed by atoms with Crippen molar-refractivity contribution in [3.8, 4) is 5.75 Å². The molecule has 1 aliphatic heterocycles. The van der Waals surface area contributed by atoms with Crippen molar-refractivity contribution in [2.75, 3.05) is 4.90 Å². The first-order valence-electron chi connectivity index (χ1n) is 9.08. The molecule has 5 heteroatoms. The average molecular weight is 366 g/mol. The fourth-order valence-electron chi connectivity index (χ4n) is 3.04. The van der Waals surface area contributed by atoms with E-state index in [-0.39, 0.29) is 17.4 Å². The van der Waals surface area contributed by atoms with Gasteiger partial charge in [-0.05, 0) is 58.4 Å². The predicted octanol–water partition coefficient (Wildman–Crippen LogP) is 3.92. The minimum absolute atomic E-state index is 0.132. The number of hydrogen-bond acceptors (Lipinski definition) is 3. The van der Waals surface area contributed by atoms with E-state index >= 15 is 0 Å². The van der Waals surface area contributed by atoms with E-state index in [1.165, 1.54) is 0 Å². The molecule has 5 nitrogen and oxygen atoms in total. The molecule has 1 heterocycles. The first kappa shape index (κ1) is 19.0. The third-order valence-electron chi connectivity index (χ3n) is 4.31. The van der Waals surface area contributed by atoms with Gasteiger partial charge in [-0.1, -0.05) is 30.3 Å². The van der Waals surface area contributed by atoms with Gasteiger partial charge in [-0.2, -0.15) is 0 Å². The van der Waals surface area contributed by atoms with Crippen LogP contribution < -0.4 is 15.0 Å². The number of hydrogen-bond donors (Lipinski definition) is 1. The van der Waals surface area contributed by atoms with Crippen molar-refractivity contribution < 1.29 is 14.3 Å². The Morgan fingerprint density at radius 2 is 1.78 bits per heavy atom. The van der Waals surface area contributed by atoms with Crippen LogP contribution in [-0.4, -0.2) is 23.0 Å². The first-order chi connectivity index (χ1) is 12.6. The maximum Gasteiger partial charge on any atom is 0.271 e. The average Bonchev–Trinajstić information content (AvgIpc) is 2.58. The molecule has 142 valence electrons. The van der Waals surface area contributed by atoms with Crippen LogP contribution in [0.4, 0.5) is 5.69 Å². The highest BCUT2D eigenvalue weighted by Crippen LogP contribution is 2.39. The molecule has 2 amide bonds. The maximum atomic E-state index is 13.0. The smallest absolute Gasteiger partial charge is 0.271 e. The number of ether oxygens (including phenoxy) is 1. The van der Waals surface area contributed by atoms with E-state index in [0.717, 1.165) is 5.56 Å². The number of anilines is 1. The van der Waals surface area contributed by atoms with Crippen molar-refractivity contribution in [2.24, 2.45) is 0 Å². The molecule has 2 aromatic carbocycles. The molecule has 1 N–H and O–H groups in total. The minimum Gasteiger partial charge on any atom is -0.476 e. The summed E-state index contributed by atoms with van der Waals surface area (Å²) in [6.45, 7) is 9.73. The zero-order valence-electron chi connectivity index (χ0n) is 16.5. The monoisotopic (exact) mass is 366 g/mol. The van der Waals surface area contributed by atoms with Crippen LogP contribution in [0.25, 0.3) is 0 Å². The van der Waals surface area contributed by atoms with E-state index in [0.29, 0.717) is 23.5 Å². The molecule has 27 heavy (non-hydrogen) atoms. The predicted molar refractivity (Wildman–Crippen MR) is 106 cm³/mol. The summed E-state index contributed by atoms with van der Waals surface area (Å²) < 4.78 is 5.91. The zero-order chi connectivity index (χ0) is 19.8. The van der Waals surface area contributed by atoms with Crippen molar-refractivity contribution >= 4 is 17.5 Å². The van der Waals surface area contributed by atoms with E-state index in [9.17, 15) is 9.59 Å². The molecule has 0 radical (unpaired) electrons. The van der Waals surface area contributed by atoms with Crippen LogP contribution in [0.15, 0.2) is 48.5 Å². The second-order valence-corrected chi connectivity index (χ2v) is 8.38. The van der Waals surface area contributed by atoms with Crippen LogP contribution >= 0.6 is 0 Å². The fourth-order valence-corrected chi connectivity index (χ4v) is 3.04. The Hall–Kier alpha value is -2.82. The van der Waals surface area contributed by atoms with Gasteiger partial charge in [0.2, 0.25) is 0 Å².